The largest absolute Gasteiger partial charge is 0.107 e. The summed E-state index contributed by atoms with van der Waals surface area (Å²) in [4.78, 5) is 0. The van der Waals surface area contributed by atoms with Gasteiger partial charge in [-0.25, -0.2) is 0 Å². The van der Waals surface area contributed by atoms with E-state index in [-0.39, 0.29) is 67.4 Å². The Hall–Kier alpha value is 0.783. The van der Waals surface area contributed by atoms with Gasteiger partial charge < -0.3 is 0 Å². The molecule has 0 unspecified atom stereocenters. The van der Waals surface area contributed by atoms with E-state index in [9.17, 15) is 0 Å². The maximum absolute atomic E-state index is 2.16. The Morgan fingerprint density at radius 2 is 1.36 bits per heavy atom. The summed E-state index contributed by atoms with van der Waals surface area (Å²) in [5.74, 6) is 0. The van der Waals surface area contributed by atoms with Crippen LogP contribution < -0.4 is 0 Å². The number of aryl methyl sites for hydroxylation is 1. The molecule has 14 heavy (non-hydrogen) atoms. The van der Waals surface area contributed by atoms with Gasteiger partial charge in [-0.3, -0.25) is 0 Å². The molecule has 0 saturated carbocycles. The van der Waals surface area contributed by atoms with E-state index in [1.807, 2.05) is 0 Å². The molecule has 0 spiro atoms. The molecule has 0 atom stereocenters. The van der Waals surface area contributed by atoms with E-state index in [0.29, 0.717) is 0 Å². The van der Waals surface area contributed by atoms with Crippen molar-refractivity contribution in [2.45, 2.75) is 6.92 Å². The van der Waals surface area contributed by atoms with Crippen LogP contribution in [0.3, 0.4) is 0 Å². The first-order valence-corrected chi connectivity index (χ1v) is 3.82. The summed E-state index contributed by atoms with van der Waals surface area (Å²) in [6.45, 7) is 2.14. The van der Waals surface area contributed by atoms with Crippen LogP contribution in [-0.2, 0) is 19.5 Å². The zero-order valence-corrected chi connectivity index (χ0v) is 14.1. The van der Waals surface area contributed by atoms with Gasteiger partial charge in [0.05, 0.1) is 0 Å². The molecule has 0 radical (unpaired) electrons. The molecule has 78 valence electrons. The number of fused-ring (bicyclic) bond motifs is 1. The van der Waals surface area contributed by atoms with Crippen molar-refractivity contribution in [1.29, 1.82) is 0 Å². The van der Waals surface area contributed by atoms with E-state index >= 15 is 0 Å². The van der Waals surface area contributed by atoms with E-state index in [0.717, 1.165) is 0 Å². The van der Waals surface area contributed by atoms with Crippen molar-refractivity contribution in [3.05, 3.63) is 48.0 Å². The zero-order valence-electron chi connectivity index (χ0n) is 7.71. The Labute approximate surface area is 132 Å². The summed E-state index contributed by atoms with van der Waals surface area (Å²) < 4.78 is 0. The fourth-order valence-electron chi connectivity index (χ4n) is 1.39. The minimum absolute atomic E-state index is 0. The zero-order chi connectivity index (χ0) is 7.68. The van der Waals surface area contributed by atoms with Crippen molar-refractivity contribution in [1.82, 2.24) is 0 Å². The average Bonchev–Trinajstić information content (AvgIpc) is 2.06. The molecule has 2 aromatic carbocycles. The molecular formula is C11H12I2Ru. The minimum atomic E-state index is 0. The summed E-state index contributed by atoms with van der Waals surface area (Å²) in [6.07, 6.45) is 0. The van der Waals surface area contributed by atoms with Gasteiger partial charge >= 0.3 is 0 Å². The van der Waals surface area contributed by atoms with E-state index in [1.54, 1.807) is 0 Å². The molecule has 0 bridgehead atoms. The number of halogens is 2. The molecule has 0 heterocycles. The number of hydrogen-bond acceptors (Lipinski definition) is 0. The predicted octanol–water partition coefficient (Wildman–Crippen LogP) is 4.38. The molecule has 0 aliphatic rings. The smallest absolute Gasteiger partial charge is 0 e. The molecule has 2 rings (SSSR count). The molecule has 3 heteroatoms. The average molecular weight is 499 g/mol. The quantitative estimate of drug-likeness (QED) is 0.373. The summed E-state index contributed by atoms with van der Waals surface area (Å²) in [5, 5.41) is 2.68. The van der Waals surface area contributed by atoms with Crippen LogP contribution in [0.15, 0.2) is 42.5 Å². The minimum Gasteiger partial charge on any atom is -0.107 e. The van der Waals surface area contributed by atoms with Crippen molar-refractivity contribution >= 4 is 58.7 Å². The predicted molar refractivity (Wildman–Crippen MR) is 79.5 cm³/mol. The Kier molecular flexibility index (Phi) is 9.82. The van der Waals surface area contributed by atoms with Crippen molar-refractivity contribution in [2.24, 2.45) is 0 Å². The fourth-order valence-corrected chi connectivity index (χ4v) is 1.39. The third-order valence-electron chi connectivity index (χ3n) is 2.01. The van der Waals surface area contributed by atoms with Crippen molar-refractivity contribution in [2.75, 3.05) is 0 Å². The summed E-state index contributed by atoms with van der Waals surface area (Å²) in [6, 6.07) is 14.8. The maximum Gasteiger partial charge on any atom is 0 e. The monoisotopic (exact) mass is 500 g/mol. The van der Waals surface area contributed by atoms with Crippen molar-refractivity contribution < 1.29 is 19.5 Å². The normalized spacial score (nSPS) is 8.07. The number of hydrogen-bond donors (Lipinski definition) is 0. The van der Waals surface area contributed by atoms with Crippen LogP contribution in [-0.4, -0.2) is 0 Å². The van der Waals surface area contributed by atoms with Crippen LogP contribution in [0, 0.1) is 6.92 Å². The Morgan fingerprint density at radius 3 is 2.00 bits per heavy atom. The first kappa shape index (κ1) is 17.2. The van der Waals surface area contributed by atoms with Crippen LogP contribution in [0.2, 0.25) is 0 Å². The second kappa shape index (κ2) is 8.00. The van der Waals surface area contributed by atoms with Gasteiger partial charge in [-0.15, -0.1) is 48.0 Å². The second-order valence-corrected chi connectivity index (χ2v) is 2.80. The number of benzene rings is 2. The van der Waals surface area contributed by atoms with Crippen molar-refractivity contribution in [3.63, 3.8) is 0 Å². The topological polar surface area (TPSA) is 0 Å². The third-order valence-corrected chi connectivity index (χ3v) is 2.01. The van der Waals surface area contributed by atoms with Gasteiger partial charge in [0.1, 0.15) is 0 Å². The Morgan fingerprint density at radius 1 is 0.786 bits per heavy atom. The molecule has 0 N–H and O–H groups in total. The van der Waals surface area contributed by atoms with Gasteiger partial charge in [-0.05, 0) is 23.3 Å². The van der Waals surface area contributed by atoms with Gasteiger partial charge in [-0.1, -0.05) is 42.5 Å². The van der Waals surface area contributed by atoms with Crippen LogP contribution >= 0.6 is 48.0 Å². The second-order valence-electron chi connectivity index (χ2n) is 2.80. The molecular weight excluding hydrogens is 487 g/mol. The number of rotatable bonds is 0. The van der Waals surface area contributed by atoms with Crippen LogP contribution in [0.4, 0.5) is 0 Å². The molecule has 0 saturated heterocycles. The van der Waals surface area contributed by atoms with Gasteiger partial charge in [0.2, 0.25) is 0 Å². The molecule has 0 aliphatic heterocycles. The Bertz CT molecular complexity index is 382. The molecule has 0 aromatic heterocycles. The molecule has 0 fully saturated rings. The van der Waals surface area contributed by atoms with Crippen LogP contribution in [0.25, 0.3) is 10.8 Å². The molecule has 2 aromatic rings. The molecule has 0 aliphatic carbocycles. The summed E-state index contributed by atoms with van der Waals surface area (Å²) in [5.41, 5.74) is 1.35. The van der Waals surface area contributed by atoms with Crippen molar-refractivity contribution in [3.8, 4) is 0 Å². The SMILES string of the molecule is Cc1cccc2ccccc12.I.I.[Ru]. The van der Waals surface area contributed by atoms with E-state index < -0.39 is 0 Å². The first-order valence-electron chi connectivity index (χ1n) is 3.82. The molecule has 0 amide bonds. The third kappa shape index (κ3) is 3.74. The fraction of sp³-hybridized carbons (Fsp3) is 0.0909. The van der Waals surface area contributed by atoms with E-state index in [4.69, 9.17) is 0 Å². The van der Waals surface area contributed by atoms with Gasteiger partial charge in [0.25, 0.3) is 0 Å². The first-order chi connectivity index (χ1) is 5.38. The van der Waals surface area contributed by atoms with Gasteiger partial charge in [0, 0.05) is 19.5 Å². The summed E-state index contributed by atoms with van der Waals surface area (Å²) >= 11 is 0. The molecule has 0 nitrogen and oxygen atoms in total. The van der Waals surface area contributed by atoms with Gasteiger partial charge in [-0.2, -0.15) is 0 Å². The van der Waals surface area contributed by atoms with Crippen LogP contribution in [0.5, 0.6) is 0 Å². The summed E-state index contributed by atoms with van der Waals surface area (Å²) in [7, 11) is 0. The van der Waals surface area contributed by atoms with E-state index in [1.165, 1.54) is 16.3 Å². The Balaban J connectivity index is 0. The maximum atomic E-state index is 2.16. The van der Waals surface area contributed by atoms with Gasteiger partial charge in [0.15, 0.2) is 0 Å². The van der Waals surface area contributed by atoms with Crippen LogP contribution in [0.1, 0.15) is 5.56 Å². The van der Waals surface area contributed by atoms with E-state index in [2.05, 4.69) is 49.4 Å². The standard InChI is InChI=1S/C11H10.2HI.Ru/c1-9-5-4-7-10-6-2-3-8-11(9)10;;;/h2-8H,1H3;2*1H;.